The topological polar surface area (TPSA) is 117 Å². The second-order valence-electron chi connectivity index (χ2n) is 6.53. The van der Waals surface area contributed by atoms with Gasteiger partial charge >= 0.3 is 5.69 Å². The molecule has 4 aromatic rings. The van der Waals surface area contributed by atoms with Crippen LogP contribution >= 0.6 is 0 Å². The van der Waals surface area contributed by atoms with Gasteiger partial charge in [-0.05, 0) is 25.1 Å². The monoisotopic (exact) mass is 379 g/mol. The molecule has 0 spiro atoms. The highest BCUT2D eigenvalue weighted by atomic mass is 16.2. The molecule has 0 fully saturated rings. The third-order valence-corrected chi connectivity index (χ3v) is 4.66. The highest BCUT2D eigenvalue weighted by Crippen LogP contribution is 2.19. The van der Waals surface area contributed by atoms with E-state index < -0.39 is 17.2 Å². The number of fused-ring (bicyclic) bond motifs is 2. The van der Waals surface area contributed by atoms with Crippen molar-refractivity contribution in [3.05, 3.63) is 56.6 Å². The lowest BCUT2D eigenvalue weighted by molar-refractivity contribution is 0.102. The Bertz CT molecular complexity index is 1390. The first-order chi connectivity index (χ1) is 13.3. The van der Waals surface area contributed by atoms with Gasteiger partial charge in [-0.2, -0.15) is 5.10 Å². The lowest BCUT2D eigenvalue weighted by Crippen LogP contribution is -2.37. The maximum atomic E-state index is 12.6. The first-order valence-corrected chi connectivity index (χ1v) is 8.45. The van der Waals surface area contributed by atoms with Crippen molar-refractivity contribution >= 4 is 33.7 Å². The lowest BCUT2D eigenvalue weighted by Gasteiger charge is -2.09. The Hall–Kier alpha value is -3.82. The molecule has 1 N–H and O–H groups in total. The second-order valence-corrected chi connectivity index (χ2v) is 6.53. The average Bonchev–Trinajstić information content (AvgIpc) is 2.97. The summed E-state index contributed by atoms with van der Waals surface area (Å²) in [6.45, 7) is 1.86. The van der Waals surface area contributed by atoms with Gasteiger partial charge in [-0.25, -0.2) is 14.8 Å². The van der Waals surface area contributed by atoms with E-state index in [1.54, 1.807) is 17.8 Å². The molecule has 28 heavy (non-hydrogen) atoms. The summed E-state index contributed by atoms with van der Waals surface area (Å²) in [7, 11) is 4.70. The molecule has 0 unspecified atom stereocenters. The summed E-state index contributed by atoms with van der Waals surface area (Å²) in [5.41, 5.74) is 1.27. The van der Waals surface area contributed by atoms with Crippen LogP contribution in [0, 0.1) is 6.92 Å². The first kappa shape index (κ1) is 17.6. The number of hydrogen-bond acceptors (Lipinski definition) is 6. The molecular formula is C18H17N7O3. The molecule has 4 heterocycles. The van der Waals surface area contributed by atoms with Crippen LogP contribution in [-0.2, 0) is 21.1 Å². The summed E-state index contributed by atoms with van der Waals surface area (Å²) in [6.07, 6.45) is 1.54. The third-order valence-electron chi connectivity index (χ3n) is 4.66. The number of carbonyl (C=O) groups excluding carboxylic acids is 1. The van der Waals surface area contributed by atoms with Crippen molar-refractivity contribution in [1.82, 2.24) is 28.9 Å². The number of pyridine rings is 2. The SMILES string of the molecule is Cc1nn(C)c2ncc(NC(=O)c3ccc4c(=O)n(C)c(=O)n(C)c4n3)cc12. The van der Waals surface area contributed by atoms with Gasteiger partial charge in [0.2, 0.25) is 0 Å². The standard InChI is InChI=1S/C18H17N7O3/c1-9-12-7-10(8-19-14(12)25(4)22-9)20-16(26)13-6-5-11-15(21-13)23(2)18(28)24(3)17(11)27/h5-8H,1-4H3,(H,20,26). The van der Waals surface area contributed by atoms with Crippen molar-refractivity contribution in [3.63, 3.8) is 0 Å². The van der Waals surface area contributed by atoms with Crippen molar-refractivity contribution in [2.75, 3.05) is 5.32 Å². The zero-order valence-corrected chi connectivity index (χ0v) is 15.7. The van der Waals surface area contributed by atoms with Crippen LogP contribution in [0.3, 0.4) is 0 Å². The minimum absolute atomic E-state index is 0.0822. The lowest BCUT2D eigenvalue weighted by atomic mass is 10.2. The summed E-state index contributed by atoms with van der Waals surface area (Å²) >= 11 is 0. The molecule has 0 saturated heterocycles. The number of nitrogens with one attached hydrogen (secondary N) is 1. The molecule has 0 aliphatic rings. The van der Waals surface area contributed by atoms with Crippen LogP contribution in [0.25, 0.3) is 22.1 Å². The Balaban J connectivity index is 1.74. The van der Waals surface area contributed by atoms with E-state index >= 15 is 0 Å². The molecule has 4 aromatic heterocycles. The van der Waals surface area contributed by atoms with Gasteiger partial charge in [0.05, 0.1) is 23.0 Å². The van der Waals surface area contributed by atoms with Gasteiger partial charge in [-0.1, -0.05) is 0 Å². The Morgan fingerprint density at radius 2 is 1.79 bits per heavy atom. The highest BCUT2D eigenvalue weighted by Gasteiger charge is 2.15. The van der Waals surface area contributed by atoms with Gasteiger partial charge in [-0.15, -0.1) is 0 Å². The van der Waals surface area contributed by atoms with Crippen LogP contribution in [0.2, 0.25) is 0 Å². The van der Waals surface area contributed by atoms with Crippen molar-refractivity contribution in [1.29, 1.82) is 0 Å². The molecule has 10 nitrogen and oxygen atoms in total. The van der Waals surface area contributed by atoms with Gasteiger partial charge in [0.15, 0.2) is 5.65 Å². The summed E-state index contributed by atoms with van der Waals surface area (Å²) in [5.74, 6) is -0.474. The van der Waals surface area contributed by atoms with Crippen LogP contribution in [-0.4, -0.2) is 34.8 Å². The van der Waals surface area contributed by atoms with Gasteiger partial charge in [-0.3, -0.25) is 23.4 Å². The molecule has 1 amide bonds. The number of hydrogen-bond donors (Lipinski definition) is 1. The van der Waals surface area contributed by atoms with Crippen LogP contribution in [0.4, 0.5) is 5.69 Å². The zero-order chi connectivity index (χ0) is 20.2. The molecule has 0 bridgehead atoms. The van der Waals surface area contributed by atoms with Crippen LogP contribution in [0.5, 0.6) is 0 Å². The number of amides is 1. The fourth-order valence-electron chi connectivity index (χ4n) is 3.15. The molecule has 0 aliphatic carbocycles. The third kappa shape index (κ3) is 2.57. The smallest absolute Gasteiger partial charge is 0.319 e. The Morgan fingerprint density at radius 3 is 2.54 bits per heavy atom. The number of rotatable bonds is 2. The van der Waals surface area contributed by atoms with Gasteiger partial charge in [0, 0.05) is 26.5 Å². The summed E-state index contributed by atoms with van der Waals surface area (Å²) in [4.78, 5) is 45.5. The predicted molar refractivity (Wildman–Crippen MR) is 103 cm³/mol. The number of aromatic nitrogens is 6. The predicted octanol–water partition coefficient (Wildman–Crippen LogP) is 0.475. The number of nitrogens with zero attached hydrogens (tertiary/aromatic N) is 6. The fourth-order valence-corrected chi connectivity index (χ4v) is 3.15. The molecule has 10 heteroatoms. The number of anilines is 1. The van der Waals surface area contributed by atoms with Crippen LogP contribution in [0.1, 0.15) is 16.2 Å². The highest BCUT2D eigenvalue weighted by molar-refractivity contribution is 6.04. The minimum atomic E-state index is -0.510. The number of aryl methyl sites for hydroxylation is 3. The summed E-state index contributed by atoms with van der Waals surface area (Å²) in [5, 5.41) is 8.13. The van der Waals surface area contributed by atoms with E-state index in [0.29, 0.717) is 11.3 Å². The Labute approximate surface area is 158 Å². The van der Waals surface area contributed by atoms with E-state index in [0.717, 1.165) is 15.6 Å². The molecule has 4 rings (SSSR count). The largest absolute Gasteiger partial charge is 0.332 e. The normalized spacial score (nSPS) is 11.3. The van der Waals surface area contributed by atoms with Crippen LogP contribution in [0.15, 0.2) is 34.0 Å². The molecule has 0 aliphatic heterocycles. The van der Waals surface area contributed by atoms with E-state index in [9.17, 15) is 14.4 Å². The van der Waals surface area contributed by atoms with E-state index in [1.165, 1.54) is 37.0 Å². The number of carbonyl (C=O) groups is 1. The minimum Gasteiger partial charge on any atom is -0.319 e. The molecule has 0 saturated carbocycles. The van der Waals surface area contributed by atoms with Crippen molar-refractivity contribution in [2.45, 2.75) is 6.92 Å². The van der Waals surface area contributed by atoms with Crippen molar-refractivity contribution in [2.24, 2.45) is 21.1 Å². The van der Waals surface area contributed by atoms with E-state index in [-0.39, 0.29) is 16.7 Å². The molecule has 0 aromatic carbocycles. The Morgan fingerprint density at radius 1 is 1.04 bits per heavy atom. The second kappa shape index (κ2) is 6.12. The average molecular weight is 379 g/mol. The van der Waals surface area contributed by atoms with E-state index in [4.69, 9.17) is 0 Å². The van der Waals surface area contributed by atoms with Crippen molar-refractivity contribution < 1.29 is 4.79 Å². The summed E-state index contributed by atoms with van der Waals surface area (Å²) < 4.78 is 3.91. The van der Waals surface area contributed by atoms with Gasteiger partial charge in [0.1, 0.15) is 11.3 Å². The zero-order valence-electron chi connectivity index (χ0n) is 15.7. The molecule has 142 valence electrons. The summed E-state index contributed by atoms with van der Waals surface area (Å²) in [6, 6.07) is 4.73. The van der Waals surface area contributed by atoms with E-state index in [1.807, 2.05) is 6.92 Å². The maximum absolute atomic E-state index is 12.6. The Kier molecular flexibility index (Phi) is 3.84. The first-order valence-electron chi connectivity index (χ1n) is 8.45. The van der Waals surface area contributed by atoms with Crippen molar-refractivity contribution in [3.8, 4) is 0 Å². The maximum Gasteiger partial charge on any atom is 0.332 e. The molecular weight excluding hydrogens is 362 g/mol. The molecule has 0 radical (unpaired) electrons. The van der Waals surface area contributed by atoms with E-state index in [2.05, 4.69) is 20.4 Å². The van der Waals surface area contributed by atoms with Gasteiger partial charge < -0.3 is 5.32 Å². The van der Waals surface area contributed by atoms with Crippen LogP contribution < -0.4 is 16.6 Å². The molecule has 0 atom stereocenters. The fraction of sp³-hybridized carbons (Fsp3) is 0.222. The van der Waals surface area contributed by atoms with Gasteiger partial charge in [0.25, 0.3) is 11.5 Å². The quantitative estimate of drug-likeness (QED) is 0.541.